The van der Waals surface area contributed by atoms with E-state index in [9.17, 15) is 4.39 Å². The summed E-state index contributed by atoms with van der Waals surface area (Å²) in [5.74, 6) is -0.640. The van der Waals surface area contributed by atoms with Crippen molar-refractivity contribution in [1.82, 2.24) is 4.90 Å². The normalized spacial score (nSPS) is 19.5. The summed E-state index contributed by atoms with van der Waals surface area (Å²) in [5.41, 5.74) is 4.76. The summed E-state index contributed by atoms with van der Waals surface area (Å²) in [4.78, 5) is 5.52. The van der Waals surface area contributed by atoms with E-state index in [0.29, 0.717) is 26.3 Å². The Morgan fingerprint density at radius 3 is 2.60 bits per heavy atom. The average molecular weight is 212 g/mol. The lowest BCUT2D eigenvalue weighted by Gasteiger charge is -2.28. The van der Waals surface area contributed by atoms with Crippen LogP contribution in [0.1, 0.15) is 0 Å². The highest BCUT2D eigenvalue weighted by molar-refractivity contribution is 5.97. The Labute approximate surface area is 87.6 Å². The highest BCUT2D eigenvalue weighted by Crippen LogP contribution is 2.10. The number of ether oxygens (including phenoxy) is 1. The molecule has 6 heteroatoms. The predicted molar refractivity (Wildman–Crippen MR) is 53.7 cm³/mol. The first-order valence-electron chi connectivity index (χ1n) is 4.56. The summed E-state index contributed by atoms with van der Waals surface area (Å²) in [6.07, 6.45) is 0. The lowest BCUT2D eigenvalue weighted by atomic mass is 10.3. The van der Waals surface area contributed by atoms with Crippen molar-refractivity contribution in [2.75, 3.05) is 33.4 Å². The van der Waals surface area contributed by atoms with Crippen LogP contribution >= 0.6 is 0 Å². The van der Waals surface area contributed by atoms with E-state index >= 15 is 0 Å². The Morgan fingerprint density at radius 1 is 1.53 bits per heavy atom. The van der Waals surface area contributed by atoms with Gasteiger partial charge in [-0.3, -0.25) is 4.99 Å². The van der Waals surface area contributed by atoms with Crippen LogP contribution in [0.15, 0.2) is 16.5 Å². The van der Waals surface area contributed by atoms with Crippen molar-refractivity contribution in [2.24, 2.45) is 10.7 Å². The first-order chi connectivity index (χ1) is 7.20. The quantitative estimate of drug-likeness (QED) is 0.377. The van der Waals surface area contributed by atoms with Crippen LogP contribution in [0, 0.1) is 11.3 Å². The number of nitrogens with two attached hydrogens (primary N) is 1. The van der Waals surface area contributed by atoms with Gasteiger partial charge in [0.15, 0.2) is 17.4 Å². The number of halogens is 1. The molecule has 1 heterocycles. The molecular formula is C9H13FN4O. The second-order valence-corrected chi connectivity index (χ2v) is 2.99. The largest absolute Gasteiger partial charge is 0.388 e. The number of nitrogens with zero attached hydrogens (tertiary/aromatic N) is 3. The first kappa shape index (κ1) is 11.5. The van der Waals surface area contributed by atoms with E-state index < -0.39 is 11.5 Å². The lowest BCUT2D eigenvalue weighted by Crippen LogP contribution is -2.41. The number of amidine groups is 1. The second-order valence-electron chi connectivity index (χ2n) is 2.99. The van der Waals surface area contributed by atoms with E-state index in [2.05, 4.69) is 4.99 Å². The van der Waals surface area contributed by atoms with E-state index in [-0.39, 0.29) is 5.84 Å². The van der Waals surface area contributed by atoms with Crippen LogP contribution in [0.4, 0.5) is 4.39 Å². The van der Waals surface area contributed by atoms with Gasteiger partial charge in [0.05, 0.1) is 13.2 Å². The molecule has 0 aromatic rings. The van der Waals surface area contributed by atoms with Gasteiger partial charge in [-0.2, -0.15) is 9.65 Å². The highest BCUT2D eigenvalue weighted by Gasteiger charge is 2.20. The van der Waals surface area contributed by atoms with Gasteiger partial charge >= 0.3 is 0 Å². The zero-order valence-corrected chi connectivity index (χ0v) is 8.53. The van der Waals surface area contributed by atoms with Gasteiger partial charge in [0.25, 0.3) is 0 Å². The Kier molecular flexibility index (Phi) is 4.06. The molecule has 0 aromatic heterocycles. The van der Waals surface area contributed by atoms with Crippen molar-refractivity contribution < 1.29 is 9.13 Å². The van der Waals surface area contributed by atoms with E-state index in [1.54, 1.807) is 11.0 Å². The monoisotopic (exact) mass is 212 g/mol. The van der Waals surface area contributed by atoms with Gasteiger partial charge in [-0.25, -0.2) is 0 Å². The molecule has 1 rings (SSSR count). The fourth-order valence-corrected chi connectivity index (χ4v) is 1.32. The molecule has 0 radical (unpaired) electrons. The van der Waals surface area contributed by atoms with Gasteiger partial charge in [0.2, 0.25) is 0 Å². The van der Waals surface area contributed by atoms with Gasteiger partial charge in [-0.1, -0.05) is 0 Å². The third-order valence-corrected chi connectivity index (χ3v) is 2.08. The molecule has 0 aliphatic carbocycles. The van der Waals surface area contributed by atoms with Crippen molar-refractivity contribution in [3.8, 4) is 6.07 Å². The number of rotatable bonds is 1. The van der Waals surface area contributed by atoms with Gasteiger partial charge < -0.3 is 15.4 Å². The summed E-state index contributed by atoms with van der Waals surface area (Å²) >= 11 is 0. The van der Waals surface area contributed by atoms with Crippen molar-refractivity contribution in [1.29, 1.82) is 5.26 Å². The standard InChI is InChI=1S/C9H13FN4O/c1-13-9(8(10)7(12)6-11)14-2-4-15-5-3-14/h2-5,12H2,1H3. The molecule has 1 aliphatic rings. The third kappa shape index (κ3) is 2.67. The summed E-state index contributed by atoms with van der Waals surface area (Å²) in [6.45, 7) is 2.16. The van der Waals surface area contributed by atoms with Gasteiger partial charge in [-0.05, 0) is 0 Å². The summed E-state index contributed by atoms with van der Waals surface area (Å²) < 4.78 is 18.7. The molecule has 0 unspecified atom stereocenters. The van der Waals surface area contributed by atoms with E-state index in [0.717, 1.165) is 0 Å². The molecule has 5 nitrogen and oxygen atoms in total. The number of allylic oxidation sites excluding steroid dienone is 1. The third-order valence-electron chi connectivity index (χ3n) is 2.08. The topological polar surface area (TPSA) is 74.6 Å². The van der Waals surface area contributed by atoms with Crippen LogP contribution in [0.25, 0.3) is 0 Å². The molecule has 1 fully saturated rings. The van der Waals surface area contributed by atoms with Crippen LogP contribution < -0.4 is 5.73 Å². The fraction of sp³-hybridized carbons (Fsp3) is 0.556. The number of hydrogen-bond donors (Lipinski definition) is 1. The molecule has 0 atom stereocenters. The van der Waals surface area contributed by atoms with Gasteiger partial charge in [0.1, 0.15) is 6.07 Å². The minimum absolute atomic E-state index is 0.123. The Morgan fingerprint density at radius 2 is 2.13 bits per heavy atom. The first-order valence-corrected chi connectivity index (χ1v) is 4.56. The van der Waals surface area contributed by atoms with Crippen LogP contribution in [0.2, 0.25) is 0 Å². The maximum Gasteiger partial charge on any atom is 0.198 e. The zero-order chi connectivity index (χ0) is 11.3. The molecule has 0 bridgehead atoms. The van der Waals surface area contributed by atoms with E-state index in [1.165, 1.54) is 7.05 Å². The summed E-state index contributed by atoms with van der Waals surface area (Å²) in [7, 11) is 1.47. The second kappa shape index (κ2) is 5.32. The molecule has 0 saturated carbocycles. The summed E-state index contributed by atoms with van der Waals surface area (Å²) in [5, 5.41) is 8.48. The van der Waals surface area contributed by atoms with Crippen molar-refractivity contribution in [2.45, 2.75) is 0 Å². The summed E-state index contributed by atoms with van der Waals surface area (Å²) in [6, 6.07) is 1.56. The average Bonchev–Trinajstić information content (AvgIpc) is 2.30. The molecule has 0 amide bonds. The van der Waals surface area contributed by atoms with E-state index in [1.807, 2.05) is 0 Å². The number of aliphatic imine (C=N–C) groups is 1. The molecule has 1 saturated heterocycles. The van der Waals surface area contributed by atoms with Crippen LogP contribution in [0.5, 0.6) is 0 Å². The highest BCUT2D eigenvalue weighted by atomic mass is 19.1. The van der Waals surface area contributed by atoms with Crippen molar-refractivity contribution in [3.05, 3.63) is 11.5 Å². The number of nitriles is 1. The molecule has 1 aliphatic heterocycles. The number of hydrogen-bond acceptors (Lipinski definition) is 4. The fourth-order valence-electron chi connectivity index (χ4n) is 1.32. The Hall–Kier alpha value is -1.61. The van der Waals surface area contributed by atoms with Crippen LogP contribution in [0.3, 0.4) is 0 Å². The molecule has 0 spiro atoms. The maximum absolute atomic E-state index is 13.6. The Bertz CT molecular complexity index is 325. The Balaban J connectivity index is 2.85. The number of morpholine rings is 1. The maximum atomic E-state index is 13.6. The van der Waals surface area contributed by atoms with Crippen molar-refractivity contribution in [3.63, 3.8) is 0 Å². The van der Waals surface area contributed by atoms with Gasteiger partial charge in [-0.15, -0.1) is 0 Å². The zero-order valence-electron chi connectivity index (χ0n) is 8.53. The minimum atomic E-state index is -0.762. The molecule has 2 N–H and O–H groups in total. The molecular weight excluding hydrogens is 199 g/mol. The SMILES string of the molecule is CN=C(C(F)=C(N)C#N)N1CCOCC1. The molecule has 82 valence electrons. The van der Waals surface area contributed by atoms with Gasteiger partial charge in [0, 0.05) is 20.1 Å². The predicted octanol–water partition coefficient (Wildman–Crippen LogP) is 0.0103. The lowest BCUT2D eigenvalue weighted by molar-refractivity contribution is 0.0676. The minimum Gasteiger partial charge on any atom is -0.388 e. The van der Waals surface area contributed by atoms with Crippen molar-refractivity contribution >= 4 is 5.84 Å². The van der Waals surface area contributed by atoms with Crippen LogP contribution in [-0.2, 0) is 4.74 Å². The molecule has 0 aromatic carbocycles. The molecule has 15 heavy (non-hydrogen) atoms. The van der Waals surface area contributed by atoms with Crippen LogP contribution in [-0.4, -0.2) is 44.1 Å². The smallest absolute Gasteiger partial charge is 0.198 e. The van der Waals surface area contributed by atoms with E-state index in [4.69, 9.17) is 15.7 Å².